The summed E-state index contributed by atoms with van der Waals surface area (Å²) in [6, 6.07) is 0.183. The number of aryl methyl sites for hydroxylation is 1. The van der Waals surface area contributed by atoms with Crippen molar-refractivity contribution in [3.63, 3.8) is 0 Å². The summed E-state index contributed by atoms with van der Waals surface area (Å²) in [6.45, 7) is 1.60. The smallest absolute Gasteiger partial charge is 0.225 e. The topological polar surface area (TPSA) is 84.4 Å². The van der Waals surface area contributed by atoms with Gasteiger partial charge in [-0.1, -0.05) is 0 Å². The molecule has 148 valence electrons. The van der Waals surface area contributed by atoms with E-state index >= 15 is 0 Å². The van der Waals surface area contributed by atoms with Crippen molar-refractivity contribution < 1.29 is 14.3 Å². The van der Waals surface area contributed by atoms with E-state index in [1.807, 2.05) is 4.90 Å². The number of hydrogen-bond donors (Lipinski definition) is 1. The Kier molecular flexibility index (Phi) is 7.15. The summed E-state index contributed by atoms with van der Waals surface area (Å²) in [6.07, 6.45) is 11.6. The molecule has 1 saturated carbocycles. The third-order valence-electron chi connectivity index (χ3n) is 5.75. The van der Waals surface area contributed by atoms with Crippen LogP contribution in [0.15, 0.2) is 18.6 Å². The Balaban J connectivity index is 1.36. The normalized spacial score (nSPS) is 23.8. The lowest BCUT2D eigenvalue weighted by molar-refractivity contribution is -0.139. The highest BCUT2D eigenvalue weighted by molar-refractivity contribution is 5.79. The van der Waals surface area contributed by atoms with Crippen molar-refractivity contribution in [1.82, 2.24) is 20.2 Å². The average molecular weight is 374 g/mol. The van der Waals surface area contributed by atoms with Crippen LogP contribution in [0.2, 0.25) is 0 Å². The van der Waals surface area contributed by atoms with Gasteiger partial charge in [0.05, 0.1) is 11.8 Å². The fourth-order valence-corrected chi connectivity index (χ4v) is 4.06. The molecule has 0 radical (unpaired) electrons. The van der Waals surface area contributed by atoms with Gasteiger partial charge in [-0.2, -0.15) is 0 Å². The summed E-state index contributed by atoms with van der Waals surface area (Å²) in [5, 5.41) is 3.11. The molecule has 1 saturated heterocycles. The Morgan fingerprint density at radius 3 is 2.52 bits per heavy atom. The van der Waals surface area contributed by atoms with Crippen molar-refractivity contribution >= 4 is 11.8 Å². The number of methoxy groups -OCH3 is 1. The zero-order valence-electron chi connectivity index (χ0n) is 16.1. The lowest BCUT2D eigenvalue weighted by Gasteiger charge is -2.36. The Morgan fingerprint density at radius 2 is 1.89 bits per heavy atom. The van der Waals surface area contributed by atoms with Crippen molar-refractivity contribution in [3.05, 3.63) is 24.3 Å². The fourth-order valence-electron chi connectivity index (χ4n) is 4.06. The molecule has 0 spiro atoms. The SMILES string of the molecule is COC1CCN(C(=O)C2CCC(NC(=O)CCc3cnccn3)CC2)CC1. The second kappa shape index (κ2) is 9.78. The standard InChI is InChI=1S/C20H30N4O3/c1-27-18-8-12-24(13-9-18)20(26)15-2-4-16(5-3-15)23-19(25)7-6-17-14-21-10-11-22-17/h10-11,14-16,18H,2-9,12-13H2,1H3,(H,23,25). The van der Waals surface area contributed by atoms with Gasteiger partial charge >= 0.3 is 0 Å². The van der Waals surface area contributed by atoms with Crippen LogP contribution < -0.4 is 5.32 Å². The Morgan fingerprint density at radius 1 is 1.15 bits per heavy atom. The Hall–Kier alpha value is -2.02. The number of rotatable bonds is 6. The first-order chi connectivity index (χ1) is 13.2. The summed E-state index contributed by atoms with van der Waals surface area (Å²) in [4.78, 5) is 35.1. The van der Waals surface area contributed by atoms with Gasteiger partial charge in [-0.25, -0.2) is 0 Å². The van der Waals surface area contributed by atoms with E-state index < -0.39 is 0 Å². The second-order valence-corrected chi connectivity index (χ2v) is 7.57. The molecule has 27 heavy (non-hydrogen) atoms. The molecule has 0 bridgehead atoms. The molecular formula is C20H30N4O3. The predicted octanol–water partition coefficient (Wildman–Crippen LogP) is 1.72. The molecule has 1 aliphatic heterocycles. The maximum Gasteiger partial charge on any atom is 0.225 e. The molecule has 1 aromatic rings. The van der Waals surface area contributed by atoms with E-state index in [1.165, 1.54) is 0 Å². The maximum absolute atomic E-state index is 12.7. The average Bonchev–Trinajstić information content (AvgIpc) is 2.73. The van der Waals surface area contributed by atoms with E-state index in [0.717, 1.165) is 57.3 Å². The van der Waals surface area contributed by atoms with Gasteiger partial charge in [-0.15, -0.1) is 0 Å². The van der Waals surface area contributed by atoms with Gasteiger partial charge < -0.3 is 15.0 Å². The van der Waals surface area contributed by atoms with Crippen LogP contribution in [-0.4, -0.2) is 59.0 Å². The van der Waals surface area contributed by atoms with Crippen LogP contribution in [0.4, 0.5) is 0 Å². The first kappa shape index (κ1) is 19.7. The third kappa shape index (κ3) is 5.73. The monoisotopic (exact) mass is 374 g/mol. The molecule has 1 aromatic heterocycles. The van der Waals surface area contributed by atoms with E-state index in [4.69, 9.17) is 4.74 Å². The summed E-state index contributed by atoms with van der Waals surface area (Å²) >= 11 is 0. The van der Waals surface area contributed by atoms with Crippen LogP contribution in [0.3, 0.4) is 0 Å². The molecule has 3 rings (SSSR count). The van der Waals surface area contributed by atoms with E-state index in [9.17, 15) is 9.59 Å². The van der Waals surface area contributed by atoms with Crippen molar-refractivity contribution in [1.29, 1.82) is 0 Å². The van der Waals surface area contributed by atoms with Gasteiger partial charge in [0, 0.05) is 57.2 Å². The first-order valence-corrected chi connectivity index (χ1v) is 10.0. The number of hydrogen-bond acceptors (Lipinski definition) is 5. The fraction of sp³-hybridized carbons (Fsp3) is 0.700. The number of aromatic nitrogens is 2. The van der Waals surface area contributed by atoms with Crippen LogP contribution >= 0.6 is 0 Å². The van der Waals surface area contributed by atoms with Crippen LogP contribution in [0, 0.1) is 5.92 Å². The van der Waals surface area contributed by atoms with E-state index in [2.05, 4.69) is 15.3 Å². The maximum atomic E-state index is 12.7. The number of likely N-dealkylation sites (tertiary alicyclic amines) is 1. The minimum Gasteiger partial charge on any atom is -0.381 e. The largest absolute Gasteiger partial charge is 0.381 e. The van der Waals surface area contributed by atoms with Gasteiger partial charge in [0.25, 0.3) is 0 Å². The molecule has 1 N–H and O–H groups in total. The molecule has 7 heteroatoms. The number of amides is 2. The van der Waals surface area contributed by atoms with E-state index in [0.29, 0.717) is 18.9 Å². The molecule has 2 heterocycles. The number of nitrogens with zero attached hydrogens (tertiary/aromatic N) is 3. The van der Waals surface area contributed by atoms with E-state index in [-0.39, 0.29) is 23.8 Å². The van der Waals surface area contributed by atoms with Crippen molar-refractivity contribution in [3.8, 4) is 0 Å². The molecule has 1 aliphatic carbocycles. The van der Waals surface area contributed by atoms with Gasteiger partial charge in [-0.3, -0.25) is 19.6 Å². The molecule has 7 nitrogen and oxygen atoms in total. The lowest BCUT2D eigenvalue weighted by atomic mass is 9.84. The zero-order valence-corrected chi connectivity index (χ0v) is 16.1. The van der Waals surface area contributed by atoms with Crippen LogP contribution in [0.25, 0.3) is 0 Å². The highest BCUT2D eigenvalue weighted by Crippen LogP contribution is 2.27. The molecule has 2 amide bonds. The van der Waals surface area contributed by atoms with Crippen LogP contribution in [0.1, 0.15) is 50.6 Å². The molecular weight excluding hydrogens is 344 g/mol. The molecule has 0 atom stereocenters. The molecule has 2 aliphatic rings. The highest BCUT2D eigenvalue weighted by Gasteiger charge is 2.31. The van der Waals surface area contributed by atoms with Crippen LogP contribution in [-0.2, 0) is 20.7 Å². The Bertz CT molecular complexity index is 609. The van der Waals surface area contributed by atoms with Crippen LogP contribution in [0.5, 0.6) is 0 Å². The summed E-state index contributed by atoms with van der Waals surface area (Å²) in [7, 11) is 1.74. The summed E-state index contributed by atoms with van der Waals surface area (Å²) in [5.41, 5.74) is 0.833. The highest BCUT2D eigenvalue weighted by atomic mass is 16.5. The van der Waals surface area contributed by atoms with Gasteiger partial charge in [0.2, 0.25) is 11.8 Å². The zero-order chi connectivity index (χ0) is 19.1. The van der Waals surface area contributed by atoms with Gasteiger partial charge in [0.15, 0.2) is 0 Å². The molecule has 0 aromatic carbocycles. The van der Waals surface area contributed by atoms with Gasteiger partial charge in [-0.05, 0) is 44.9 Å². The first-order valence-electron chi connectivity index (χ1n) is 10.0. The van der Waals surface area contributed by atoms with Gasteiger partial charge in [0.1, 0.15) is 0 Å². The third-order valence-corrected chi connectivity index (χ3v) is 5.75. The Labute approximate surface area is 160 Å². The minimum atomic E-state index is 0.0528. The number of nitrogens with one attached hydrogen (secondary N) is 1. The number of piperidine rings is 1. The number of carbonyl (C=O) groups is 2. The lowest BCUT2D eigenvalue weighted by Crippen LogP contribution is -2.45. The summed E-state index contributed by atoms with van der Waals surface area (Å²) < 4.78 is 5.38. The number of ether oxygens (including phenoxy) is 1. The molecule has 2 fully saturated rings. The molecule has 0 unspecified atom stereocenters. The second-order valence-electron chi connectivity index (χ2n) is 7.57. The van der Waals surface area contributed by atoms with Crippen molar-refractivity contribution in [2.45, 2.75) is 63.5 Å². The van der Waals surface area contributed by atoms with Crippen molar-refractivity contribution in [2.75, 3.05) is 20.2 Å². The van der Waals surface area contributed by atoms with E-state index in [1.54, 1.807) is 25.7 Å². The predicted molar refractivity (Wildman–Crippen MR) is 101 cm³/mol. The summed E-state index contributed by atoms with van der Waals surface area (Å²) in [5.74, 6) is 0.450. The quantitative estimate of drug-likeness (QED) is 0.820. The number of carbonyl (C=O) groups excluding carboxylic acids is 2. The van der Waals surface area contributed by atoms with Crippen molar-refractivity contribution in [2.24, 2.45) is 5.92 Å². The minimum absolute atomic E-state index is 0.0528.